The summed E-state index contributed by atoms with van der Waals surface area (Å²) in [6.07, 6.45) is 0. The average Bonchev–Trinajstić information content (AvgIpc) is 2.73. The molecule has 0 aliphatic carbocycles. The molecule has 158 valence electrons. The quantitative estimate of drug-likeness (QED) is 0.570. The fraction of sp³-hybridized carbons (Fsp3) is 0.333. The van der Waals surface area contributed by atoms with Gasteiger partial charge in [-0.25, -0.2) is 0 Å². The van der Waals surface area contributed by atoms with Gasteiger partial charge >= 0.3 is 0 Å². The minimum absolute atomic E-state index is 0.0584. The summed E-state index contributed by atoms with van der Waals surface area (Å²) in [6.45, 7) is 6.80. The SMILES string of the molecule is Cc1ccc2cc(CN(CCN(C)C)C(=S)NCc3ccccc3)c(=O)[nH]c2c1C. The third-order valence-corrected chi connectivity index (χ3v) is 5.78. The maximum atomic E-state index is 12.8. The third kappa shape index (κ3) is 5.46. The molecule has 2 aromatic carbocycles. The van der Waals surface area contributed by atoms with E-state index in [9.17, 15) is 4.79 Å². The number of hydrogen-bond acceptors (Lipinski definition) is 3. The van der Waals surface area contributed by atoms with Crippen molar-refractivity contribution in [2.45, 2.75) is 26.9 Å². The molecular formula is C24H30N4OS. The van der Waals surface area contributed by atoms with Gasteiger partial charge in [-0.1, -0.05) is 42.5 Å². The number of benzene rings is 2. The highest BCUT2D eigenvalue weighted by Gasteiger charge is 2.14. The molecular weight excluding hydrogens is 392 g/mol. The van der Waals surface area contributed by atoms with Gasteiger partial charge in [-0.3, -0.25) is 4.79 Å². The van der Waals surface area contributed by atoms with E-state index in [1.807, 2.05) is 45.3 Å². The van der Waals surface area contributed by atoms with E-state index < -0.39 is 0 Å². The summed E-state index contributed by atoms with van der Waals surface area (Å²) in [4.78, 5) is 20.1. The van der Waals surface area contributed by atoms with Crippen LogP contribution in [0.25, 0.3) is 10.9 Å². The molecule has 0 amide bonds. The molecule has 0 fully saturated rings. The highest BCUT2D eigenvalue weighted by Crippen LogP contribution is 2.19. The molecule has 1 heterocycles. The van der Waals surface area contributed by atoms with Gasteiger partial charge in [-0.05, 0) is 68.3 Å². The molecule has 3 rings (SSSR count). The van der Waals surface area contributed by atoms with Crippen molar-refractivity contribution in [3.63, 3.8) is 0 Å². The number of aryl methyl sites for hydroxylation is 2. The highest BCUT2D eigenvalue weighted by atomic mass is 32.1. The highest BCUT2D eigenvalue weighted by molar-refractivity contribution is 7.80. The van der Waals surface area contributed by atoms with Gasteiger partial charge in [0, 0.05) is 25.2 Å². The molecule has 6 heteroatoms. The molecule has 0 saturated heterocycles. The van der Waals surface area contributed by atoms with Crippen LogP contribution < -0.4 is 10.9 Å². The molecule has 0 radical (unpaired) electrons. The van der Waals surface area contributed by atoms with Crippen LogP contribution in [-0.4, -0.2) is 47.1 Å². The Balaban J connectivity index is 1.81. The standard InChI is InChI=1S/C24H30N4OS/c1-17-10-11-20-14-21(23(29)26-22(20)18(17)2)16-28(13-12-27(3)4)24(30)25-15-19-8-6-5-7-9-19/h5-11,14H,12-13,15-16H2,1-4H3,(H,25,30)(H,26,29). The van der Waals surface area contributed by atoms with Gasteiger partial charge in [0.05, 0.1) is 12.1 Å². The first-order valence-electron chi connectivity index (χ1n) is 10.2. The van der Waals surface area contributed by atoms with Crippen molar-refractivity contribution in [1.29, 1.82) is 0 Å². The molecule has 30 heavy (non-hydrogen) atoms. The second-order valence-electron chi connectivity index (χ2n) is 7.96. The number of fused-ring (bicyclic) bond motifs is 1. The molecule has 0 atom stereocenters. The second-order valence-corrected chi connectivity index (χ2v) is 8.35. The topological polar surface area (TPSA) is 51.4 Å². The fourth-order valence-corrected chi connectivity index (χ4v) is 3.58. The zero-order valence-corrected chi connectivity index (χ0v) is 19.0. The zero-order valence-electron chi connectivity index (χ0n) is 18.2. The minimum Gasteiger partial charge on any atom is -0.358 e. The Kier molecular flexibility index (Phi) is 7.24. The van der Waals surface area contributed by atoms with E-state index >= 15 is 0 Å². The van der Waals surface area contributed by atoms with Crippen LogP contribution >= 0.6 is 12.2 Å². The van der Waals surface area contributed by atoms with Gasteiger partial charge in [-0.2, -0.15) is 0 Å². The monoisotopic (exact) mass is 422 g/mol. The first-order valence-corrected chi connectivity index (χ1v) is 10.6. The molecule has 0 aliphatic heterocycles. The summed E-state index contributed by atoms with van der Waals surface area (Å²) in [5, 5.41) is 5.04. The summed E-state index contributed by atoms with van der Waals surface area (Å²) in [5.41, 5.74) is 5.02. The summed E-state index contributed by atoms with van der Waals surface area (Å²) in [7, 11) is 4.07. The number of H-pyrrole nitrogens is 1. The van der Waals surface area contributed by atoms with Crippen molar-refractivity contribution in [3.05, 3.63) is 81.1 Å². The second kappa shape index (κ2) is 9.87. The lowest BCUT2D eigenvalue weighted by atomic mass is 10.0. The van der Waals surface area contributed by atoms with E-state index in [0.29, 0.717) is 23.8 Å². The Bertz CT molecular complexity index is 1080. The lowest BCUT2D eigenvalue weighted by molar-refractivity contribution is 0.322. The molecule has 3 aromatic rings. The van der Waals surface area contributed by atoms with Gasteiger partial charge in [-0.15, -0.1) is 0 Å². The number of nitrogens with zero attached hydrogens (tertiary/aromatic N) is 2. The molecule has 0 spiro atoms. The fourth-order valence-electron chi connectivity index (χ4n) is 3.35. The van der Waals surface area contributed by atoms with Crippen molar-refractivity contribution in [1.82, 2.24) is 20.1 Å². The summed E-state index contributed by atoms with van der Waals surface area (Å²) < 4.78 is 0. The van der Waals surface area contributed by atoms with Crippen molar-refractivity contribution < 1.29 is 0 Å². The van der Waals surface area contributed by atoms with Crippen LogP contribution in [0.2, 0.25) is 0 Å². The number of likely N-dealkylation sites (N-methyl/N-ethyl adjacent to an activating group) is 1. The number of rotatable bonds is 7. The van der Waals surface area contributed by atoms with Crippen LogP contribution in [0.3, 0.4) is 0 Å². The number of aromatic nitrogens is 1. The van der Waals surface area contributed by atoms with Crippen LogP contribution in [0, 0.1) is 13.8 Å². The predicted octanol–water partition coefficient (Wildman–Crippen LogP) is 3.58. The maximum Gasteiger partial charge on any atom is 0.253 e. The van der Waals surface area contributed by atoms with Crippen LogP contribution in [0.1, 0.15) is 22.3 Å². The Hall–Kier alpha value is -2.70. The van der Waals surface area contributed by atoms with Crippen molar-refractivity contribution >= 4 is 28.2 Å². The number of pyridine rings is 1. The van der Waals surface area contributed by atoms with E-state index in [-0.39, 0.29) is 5.56 Å². The third-order valence-electron chi connectivity index (χ3n) is 5.38. The largest absolute Gasteiger partial charge is 0.358 e. The smallest absolute Gasteiger partial charge is 0.253 e. The van der Waals surface area contributed by atoms with Gasteiger partial charge in [0.2, 0.25) is 0 Å². The lowest BCUT2D eigenvalue weighted by Gasteiger charge is -2.27. The van der Waals surface area contributed by atoms with Crippen molar-refractivity contribution in [3.8, 4) is 0 Å². The first-order chi connectivity index (χ1) is 14.3. The van der Waals surface area contributed by atoms with Crippen molar-refractivity contribution in [2.24, 2.45) is 0 Å². The Morgan fingerprint density at radius 2 is 1.80 bits per heavy atom. The number of thiocarbonyl (C=S) groups is 1. The zero-order chi connectivity index (χ0) is 21.7. The van der Waals surface area contributed by atoms with Crippen LogP contribution in [-0.2, 0) is 13.1 Å². The molecule has 0 unspecified atom stereocenters. The molecule has 0 saturated carbocycles. The molecule has 0 bridgehead atoms. The van der Waals surface area contributed by atoms with Gasteiger partial charge < -0.3 is 20.1 Å². The summed E-state index contributed by atoms with van der Waals surface area (Å²) >= 11 is 5.69. The summed E-state index contributed by atoms with van der Waals surface area (Å²) in [6, 6.07) is 16.3. The van der Waals surface area contributed by atoms with E-state index in [2.05, 4.69) is 51.3 Å². The van der Waals surface area contributed by atoms with Crippen molar-refractivity contribution in [2.75, 3.05) is 27.2 Å². The Labute approximate surface area is 183 Å². The predicted molar refractivity (Wildman–Crippen MR) is 129 cm³/mol. The lowest BCUT2D eigenvalue weighted by Crippen LogP contribution is -2.43. The van der Waals surface area contributed by atoms with E-state index in [4.69, 9.17) is 12.2 Å². The van der Waals surface area contributed by atoms with Gasteiger partial charge in [0.1, 0.15) is 0 Å². The van der Waals surface area contributed by atoms with Gasteiger partial charge in [0.15, 0.2) is 5.11 Å². The normalized spacial score (nSPS) is 11.1. The van der Waals surface area contributed by atoms with Crippen LogP contribution in [0.5, 0.6) is 0 Å². The number of aromatic amines is 1. The van der Waals surface area contributed by atoms with Gasteiger partial charge in [0.25, 0.3) is 5.56 Å². The molecule has 1 aromatic heterocycles. The maximum absolute atomic E-state index is 12.8. The summed E-state index contributed by atoms with van der Waals surface area (Å²) in [5.74, 6) is 0. The molecule has 5 nitrogen and oxygen atoms in total. The molecule has 0 aliphatic rings. The van der Waals surface area contributed by atoms with E-state index in [1.54, 1.807) is 0 Å². The Morgan fingerprint density at radius 3 is 2.50 bits per heavy atom. The van der Waals surface area contributed by atoms with E-state index in [0.717, 1.165) is 29.6 Å². The van der Waals surface area contributed by atoms with Crippen LogP contribution in [0.15, 0.2) is 53.3 Å². The Morgan fingerprint density at radius 1 is 1.07 bits per heavy atom. The van der Waals surface area contributed by atoms with E-state index in [1.165, 1.54) is 11.1 Å². The number of hydrogen-bond donors (Lipinski definition) is 2. The minimum atomic E-state index is -0.0584. The first kappa shape index (κ1) is 22.0. The van der Waals surface area contributed by atoms with Crippen LogP contribution in [0.4, 0.5) is 0 Å². The average molecular weight is 423 g/mol. The number of nitrogens with one attached hydrogen (secondary N) is 2. The molecule has 2 N–H and O–H groups in total.